The number of aliphatic hydroxyl groups is 1. The third-order valence-corrected chi connectivity index (χ3v) is 5.03. The lowest BCUT2D eigenvalue weighted by Gasteiger charge is -2.24. The number of β-amino-alcohol motifs (C(OH)–C–C–N with tert-alkyl or cyclic N) is 1. The number of aliphatic hydroxyl groups excluding tert-OH is 1. The van der Waals surface area contributed by atoms with Gasteiger partial charge >= 0.3 is 0 Å². The average Bonchev–Trinajstić information content (AvgIpc) is 2.82. The van der Waals surface area contributed by atoms with Crippen LogP contribution in [-0.2, 0) is 6.54 Å². The molecule has 1 atom stereocenters. The molecule has 1 fully saturated rings. The molecule has 25 heavy (non-hydrogen) atoms. The second-order valence-electron chi connectivity index (χ2n) is 6.89. The van der Waals surface area contributed by atoms with Crippen molar-refractivity contribution in [2.75, 3.05) is 32.7 Å². The van der Waals surface area contributed by atoms with Crippen LogP contribution in [0.1, 0.15) is 29.2 Å². The van der Waals surface area contributed by atoms with E-state index in [-0.39, 0.29) is 5.82 Å². The minimum absolute atomic E-state index is 0.328. The number of aryl methyl sites for hydroxylation is 1. The number of hydrogen-bond acceptors (Lipinski definition) is 3. The van der Waals surface area contributed by atoms with Crippen LogP contribution in [0.5, 0.6) is 0 Å². The molecule has 0 spiro atoms. The second kappa shape index (κ2) is 8.56. The minimum Gasteiger partial charge on any atom is -0.387 e. The van der Waals surface area contributed by atoms with E-state index in [1.165, 1.54) is 17.2 Å². The Balaban J connectivity index is 1.55. The van der Waals surface area contributed by atoms with Crippen molar-refractivity contribution < 1.29 is 9.50 Å². The standard InChI is InChI=1S/C21H27FN2O/c1-17-7-2-3-8-18(17)15-23-11-6-12-24(14-13-23)16-21(25)19-9-4-5-10-20(19)22/h2-5,7-10,21,25H,6,11-16H2,1H3. The molecule has 1 aliphatic heterocycles. The quantitative estimate of drug-likeness (QED) is 0.902. The summed E-state index contributed by atoms with van der Waals surface area (Å²) in [6, 6.07) is 15.0. The normalized spacial score (nSPS) is 18.0. The van der Waals surface area contributed by atoms with E-state index in [9.17, 15) is 9.50 Å². The Morgan fingerprint density at radius 3 is 2.44 bits per heavy atom. The maximum atomic E-state index is 13.8. The van der Waals surface area contributed by atoms with Crippen molar-refractivity contribution in [2.45, 2.75) is 26.0 Å². The SMILES string of the molecule is Cc1ccccc1CN1CCCN(CC(O)c2ccccc2F)CC1. The highest BCUT2D eigenvalue weighted by atomic mass is 19.1. The van der Waals surface area contributed by atoms with Gasteiger partial charge in [0.25, 0.3) is 0 Å². The topological polar surface area (TPSA) is 26.7 Å². The van der Waals surface area contributed by atoms with Crippen LogP contribution in [0.2, 0.25) is 0 Å². The van der Waals surface area contributed by atoms with E-state index in [1.54, 1.807) is 18.2 Å². The number of hydrogen-bond donors (Lipinski definition) is 1. The fourth-order valence-electron chi connectivity index (χ4n) is 3.48. The molecule has 2 aromatic rings. The Kier molecular flexibility index (Phi) is 6.19. The zero-order chi connectivity index (χ0) is 17.6. The average molecular weight is 342 g/mol. The molecule has 0 aromatic heterocycles. The van der Waals surface area contributed by atoms with Crippen LogP contribution >= 0.6 is 0 Å². The predicted molar refractivity (Wildman–Crippen MR) is 98.9 cm³/mol. The monoisotopic (exact) mass is 342 g/mol. The van der Waals surface area contributed by atoms with Gasteiger partial charge in [0.1, 0.15) is 5.82 Å². The Labute approximate surface area is 149 Å². The van der Waals surface area contributed by atoms with Gasteiger partial charge in [0, 0.05) is 31.7 Å². The fourth-order valence-corrected chi connectivity index (χ4v) is 3.48. The van der Waals surface area contributed by atoms with E-state index in [1.807, 2.05) is 0 Å². The van der Waals surface area contributed by atoms with Gasteiger partial charge in [0.2, 0.25) is 0 Å². The molecule has 3 rings (SSSR count). The highest BCUT2D eigenvalue weighted by Crippen LogP contribution is 2.19. The molecule has 0 bridgehead atoms. The summed E-state index contributed by atoms with van der Waals surface area (Å²) in [5.41, 5.74) is 3.10. The van der Waals surface area contributed by atoms with Crippen molar-refractivity contribution in [1.82, 2.24) is 9.80 Å². The number of benzene rings is 2. The lowest BCUT2D eigenvalue weighted by molar-refractivity contribution is 0.111. The third kappa shape index (κ3) is 4.88. The molecule has 1 aliphatic rings. The summed E-state index contributed by atoms with van der Waals surface area (Å²) >= 11 is 0. The van der Waals surface area contributed by atoms with Crippen LogP contribution in [0.15, 0.2) is 48.5 Å². The molecule has 3 nitrogen and oxygen atoms in total. The van der Waals surface area contributed by atoms with Crippen LogP contribution in [0, 0.1) is 12.7 Å². The van der Waals surface area contributed by atoms with Crippen LogP contribution in [0.3, 0.4) is 0 Å². The largest absolute Gasteiger partial charge is 0.387 e. The van der Waals surface area contributed by atoms with Gasteiger partial charge in [0.15, 0.2) is 0 Å². The van der Waals surface area contributed by atoms with Gasteiger partial charge in [-0.3, -0.25) is 9.80 Å². The lowest BCUT2D eigenvalue weighted by Crippen LogP contribution is -2.33. The van der Waals surface area contributed by atoms with Crippen molar-refractivity contribution in [3.05, 3.63) is 71.0 Å². The molecule has 0 radical (unpaired) electrons. The Bertz CT molecular complexity index is 691. The maximum absolute atomic E-state index is 13.8. The molecule has 2 aromatic carbocycles. The zero-order valence-corrected chi connectivity index (χ0v) is 14.9. The Hall–Kier alpha value is -1.75. The summed E-state index contributed by atoms with van der Waals surface area (Å²) < 4.78 is 13.8. The molecule has 1 saturated heterocycles. The smallest absolute Gasteiger partial charge is 0.129 e. The molecule has 0 saturated carbocycles. The van der Waals surface area contributed by atoms with E-state index in [0.29, 0.717) is 12.1 Å². The highest BCUT2D eigenvalue weighted by molar-refractivity contribution is 5.25. The van der Waals surface area contributed by atoms with Crippen LogP contribution < -0.4 is 0 Å². The third-order valence-electron chi connectivity index (χ3n) is 5.03. The molecule has 0 aliphatic carbocycles. The highest BCUT2D eigenvalue weighted by Gasteiger charge is 2.20. The Morgan fingerprint density at radius 2 is 1.64 bits per heavy atom. The summed E-state index contributed by atoms with van der Waals surface area (Å²) in [6.07, 6.45) is 0.291. The van der Waals surface area contributed by atoms with Gasteiger partial charge in [-0.15, -0.1) is 0 Å². The number of halogens is 1. The first kappa shape index (κ1) is 18.1. The van der Waals surface area contributed by atoms with Crippen molar-refractivity contribution >= 4 is 0 Å². The van der Waals surface area contributed by atoms with Gasteiger partial charge in [0.05, 0.1) is 6.10 Å². The van der Waals surface area contributed by atoms with Crippen LogP contribution in [-0.4, -0.2) is 47.6 Å². The first-order valence-corrected chi connectivity index (χ1v) is 9.05. The second-order valence-corrected chi connectivity index (χ2v) is 6.89. The van der Waals surface area contributed by atoms with E-state index in [4.69, 9.17) is 0 Å². The fraction of sp³-hybridized carbons (Fsp3) is 0.429. The van der Waals surface area contributed by atoms with Gasteiger partial charge in [-0.05, 0) is 43.6 Å². The van der Waals surface area contributed by atoms with E-state index in [0.717, 1.165) is 39.1 Å². The summed E-state index contributed by atoms with van der Waals surface area (Å²) in [6.45, 7) is 7.48. The lowest BCUT2D eigenvalue weighted by atomic mass is 10.1. The minimum atomic E-state index is -0.774. The molecule has 1 heterocycles. The first-order chi connectivity index (χ1) is 12.1. The summed E-state index contributed by atoms with van der Waals surface area (Å²) in [5, 5.41) is 10.4. The van der Waals surface area contributed by atoms with E-state index >= 15 is 0 Å². The van der Waals surface area contributed by atoms with Gasteiger partial charge in [-0.1, -0.05) is 42.5 Å². The molecule has 4 heteroatoms. The molecule has 134 valence electrons. The van der Waals surface area contributed by atoms with Crippen molar-refractivity contribution in [1.29, 1.82) is 0 Å². The van der Waals surface area contributed by atoms with E-state index in [2.05, 4.69) is 41.0 Å². The Morgan fingerprint density at radius 1 is 0.960 bits per heavy atom. The van der Waals surface area contributed by atoms with Crippen LogP contribution in [0.25, 0.3) is 0 Å². The molecular weight excluding hydrogens is 315 g/mol. The summed E-state index contributed by atoms with van der Waals surface area (Å²) in [5.74, 6) is -0.328. The van der Waals surface area contributed by atoms with Gasteiger partial charge < -0.3 is 5.11 Å². The predicted octanol–water partition coefficient (Wildman–Crippen LogP) is 3.38. The molecule has 1 unspecified atom stereocenters. The van der Waals surface area contributed by atoms with Crippen LogP contribution in [0.4, 0.5) is 4.39 Å². The summed E-state index contributed by atoms with van der Waals surface area (Å²) in [4.78, 5) is 4.72. The first-order valence-electron chi connectivity index (χ1n) is 9.05. The number of rotatable bonds is 5. The summed E-state index contributed by atoms with van der Waals surface area (Å²) in [7, 11) is 0. The molecule has 1 N–H and O–H groups in total. The maximum Gasteiger partial charge on any atom is 0.129 e. The van der Waals surface area contributed by atoms with Crippen molar-refractivity contribution in [3.8, 4) is 0 Å². The van der Waals surface area contributed by atoms with Crippen molar-refractivity contribution in [3.63, 3.8) is 0 Å². The van der Waals surface area contributed by atoms with Gasteiger partial charge in [-0.2, -0.15) is 0 Å². The number of nitrogens with zero attached hydrogens (tertiary/aromatic N) is 2. The van der Waals surface area contributed by atoms with Crippen molar-refractivity contribution in [2.24, 2.45) is 0 Å². The van der Waals surface area contributed by atoms with Gasteiger partial charge in [-0.25, -0.2) is 4.39 Å². The van der Waals surface area contributed by atoms with E-state index < -0.39 is 6.10 Å². The molecular formula is C21H27FN2O. The molecule has 0 amide bonds. The zero-order valence-electron chi connectivity index (χ0n) is 14.9.